The maximum Gasteiger partial charge on any atom is 0.335 e. The lowest BCUT2D eigenvalue weighted by molar-refractivity contribution is -0.122. The summed E-state index contributed by atoms with van der Waals surface area (Å²) in [6.45, 7) is 6.23. The van der Waals surface area contributed by atoms with E-state index in [2.05, 4.69) is 11.4 Å². The Balaban J connectivity index is 1.68. The molecule has 0 saturated carbocycles. The lowest BCUT2D eigenvalue weighted by atomic mass is 10.1. The van der Waals surface area contributed by atoms with Crippen LogP contribution in [0.3, 0.4) is 0 Å². The van der Waals surface area contributed by atoms with Gasteiger partial charge in [-0.25, -0.2) is 9.69 Å². The molecule has 1 heterocycles. The summed E-state index contributed by atoms with van der Waals surface area (Å²) in [6.07, 6.45) is 1.43. The van der Waals surface area contributed by atoms with E-state index in [4.69, 9.17) is 9.47 Å². The van der Waals surface area contributed by atoms with Gasteiger partial charge in [0.15, 0.2) is 0 Å². The van der Waals surface area contributed by atoms with Crippen LogP contribution in [-0.2, 0) is 16.2 Å². The van der Waals surface area contributed by atoms with Gasteiger partial charge < -0.3 is 9.47 Å². The van der Waals surface area contributed by atoms with Crippen molar-refractivity contribution >= 4 is 29.6 Å². The third-order valence-electron chi connectivity index (χ3n) is 5.59. The summed E-state index contributed by atoms with van der Waals surface area (Å²) < 4.78 is 11.4. The number of nitrogens with one attached hydrogen (secondary N) is 1. The molecule has 0 atom stereocenters. The molecular formula is C28H26N2O5. The van der Waals surface area contributed by atoms with Crippen LogP contribution in [0.5, 0.6) is 11.5 Å². The summed E-state index contributed by atoms with van der Waals surface area (Å²) in [5.41, 5.74) is 4.93. The van der Waals surface area contributed by atoms with Crippen molar-refractivity contribution in [2.45, 2.75) is 27.4 Å². The van der Waals surface area contributed by atoms with Crippen molar-refractivity contribution in [2.75, 3.05) is 12.0 Å². The molecule has 3 aromatic carbocycles. The van der Waals surface area contributed by atoms with Crippen LogP contribution in [-0.4, -0.2) is 25.0 Å². The van der Waals surface area contributed by atoms with Crippen molar-refractivity contribution in [1.82, 2.24) is 5.32 Å². The van der Waals surface area contributed by atoms with Gasteiger partial charge in [-0.2, -0.15) is 0 Å². The molecule has 1 aliphatic heterocycles. The molecular weight excluding hydrogens is 444 g/mol. The molecule has 0 aliphatic carbocycles. The van der Waals surface area contributed by atoms with Gasteiger partial charge in [-0.15, -0.1) is 0 Å². The average molecular weight is 471 g/mol. The second-order valence-electron chi connectivity index (χ2n) is 8.48. The fourth-order valence-corrected chi connectivity index (χ4v) is 3.94. The summed E-state index contributed by atoms with van der Waals surface area (Å²) >= 11 is 0. The summed E-state index contributed by atoms with van der Waals surface area (Å²) in [7, 11) is 1.55. The number of rotatable bonds is 6. The Bertz CT molecular complexity index is 1320. The van der Waals surface area contributed by atoms with Crippen molar-refractivity contribution in [3.05, 3.63) is 94.1 Å². The van der Waals surface area contributed by atoms with Gasteiger partial charge in [0.25, 0.3) is 11.8 Å². The molecule has 4 amide bonds. The Hall–Kier alpha value is -4.39. The van der Waals surface area contributed by atoms with E-state index in [1.807, 2.05) is 32.9 Å². The number of nitrogens with zero attached hydrogens (tertiary/aromatic N) is 1. The molecule has 7 heteroatoms. The monoisotopic (exact) mass is 470 g/mol. The molecule has 4 rings (SSSR count). The predicted molar refractivity (Wildman–Crippen MR) is 133 cm³/mol. The number of imide groups is 2. The normalized spacial score (nSPS) is 14.8. The fraction of sp³-hybridized carbons (Fsp3) is 0.179. The van der Waals surface area contributed by atoms with Crippen molar-refractivity contribution < 1.29 is 23.9 Å². The van der Waals surface area contributed by atoms with E-state index in [1.54, 1.807) is 49.6 Å². The van der Waals surface area contributed by atoms with Crippen LogP contribution in [0.1, 0.15) is 27.8 Å². The Labute approximate surface area is 204 Å². The highest BCUT2D eigenvalue weighted by molar-refractivity contribution is 6.39. The van der Waals surface area contributed by atoms with Crippen molar-refractivity contribution in [2.24, 2.45) is 0 Å². The van der Waals surface area contributed by atoms with E-state index < -0.39 is 17.8 Å². The third-order valence-corrected chi connectivity index (χ3v) is 5.59. The number of urea groups is 1. The molecule has 7 nitrogen and oxygen atoms in total. The minimum atomic E-state index is -0.790. The summed E-state index contributed by atoms with van der Waals surface area (Å²) in [5, 5.41) is 2.25. The molecule has 0 unspecified atom stereocenters. The van der Waals surface area contributed by atoms with Crippen LogP contribution in [0.15, 0.2) is 66.2 Å². The zero-order valence-corrected chi connectivity index (χ0v) is 20.0. The molecule has 1 N–H and O–H groups in total. The number of barbiturate groups is 1. The third kappa shape index (κ3) is 5.24. The second kappa shape index (κ2) is 9.85. The molecule has 35 heavy (non-hydrogen) atoms. The number of carbonyl (C=O) groups is 3. The van der Waals surface area contributed by atoms with Gasteiger partial charge in [0.05, 0.1) is 12.8 Å². The van der Waals surface area contributed by atoms with Crippen LogP contribution in [0.2, 0.25) is 0 Å². The van der Waals surface area contributed by atoms with Gasteiger partial charge in [0, 0.05) is 11.6 Å². The van der Waals surface area contributed by atoms with Gasteiger partial charge in [-0.05, 0) is 56.7 Å². The lowest BCUT2D eigenvalue weighted by Gasteiger charge is -2.26. The Morgan fingerprint density at radius 2 is 1.54 bits per heavy atom. The van der Waals surface area contributed by atoms with Gasteiger partial charge in [0.1, 0.15) is 23.7 Å². The first-order chi connectivity index (χ1) is 16.7. The van der Waals surface area contributed by atoms with Crippen molar-refractivity contribution in [3.63, 3.8) is 0 Å². The summed E-state index contributed by atoms with van der Waals surface area (Å²) in [4.78, 5) is 39.3. The number of hydrogen-bond acceptors (Lipinski definition) is 5. The lowest BCUT2D eigenvalue weighted by Crippen LogP contribution is -2.54. The molecule has 3 aromatic rings. The van der Waals surface area contributed by atoms with E-state index in [9.17, 15) is 14.4 Å². The SMILES string of the molecule is COc1ccc(/C=C2\C(=O)NC(=O)N(c3ccc(C)cc3)C2=O)c(OCc2cc(C)cc(C)c2)c1. The molecule has 0 radical (unpaired) electrons. The molecule has 178 valence electrons. The first kappa shape index (κ1) is 23.8. The maximum atomic E-state index is 13.2. The van der Waals surface area contributed by atoms with Gasteiger partial charge in [-0.3, -0.25) is 14.9 Å². The quantitative estimate of drug-likeness (QED) is 0.411. The Morgan fingerprint density at radius 3 is 2.20 bits per heavy atom. The number of amides is 4. The average Bonchev–Trinajstić information content (AvgIpc) is 2.81. The number of benzene rings is 3. The highest BCUT2D eigenvalue weighted by Crippen LogP contribution is 2.30. The second-order valence-corrected chi connectivity index (χ2v) is 8.48. The number of ether oxygens (including phenoxy) is 2. The van der Waals surface area contributed by atoms with Gasteiger partial charge in [-0.1, -0.05) is 47.0 Å². The maximum absolute atomic E-state index is 13.2. The summed E-state index contributed by atoms with van der Waals surface area (Å²) in [5.74, 6) is -0.466. The molecule has 1 saturated heterocycles. The van der Waals surface area contributed by atoms with Crippen molar-refractivity contribution in [1.29, 1.82) is 0 Å². The van der Waals surface area contributed by atoms with Crippen molar-refractivity contribution in [3.8, 4) is 11.5 Å². The van der Waals surface area contributed by atoms with E-state index in [1.165, 1.54) is 6.08 Å². The standard InChI is InChI=1S/C28H26N2O5/c1-17-5-8-22(9-6-17)30-27(32)24(26(31)29-28(30)33)14-21-7-10-23(34-4)15-25(21)35-16-20-12-18(2)11-19(3)13-20/h5-15H,16H2,1-4H3,(H,29,31,33)/b24-14+. The van der Waals surface area contributed by atoms with E-state index >= 15 is 0 Å². The van der Waals surface area contributed by atoms with Gasteiger partial charge >= 0.3 is 6.03 Å². The number of hydrogen-bond donors (Lipinski definition) is 1. The number of carbonyl (C=O) groups excluding carboxylic acids is 3. The first-order valence-corrected chi connectivity index (χ1v) is 11.1. The van der Waals surface area contributed by atoms with Crippen LogP contribution < -0.4 is 19.7 Å². The van der Waals surface area contributed by atoms with Crippen LogP contribution in [0.4, 0.5) is 10.5 Å². The molecule has 1 aliphatic rings. The molecule has 1 fully saturated rings. The number of anilines is 1. The smallest absolute Gasteiger partial charge is 0.335 e. The van der Waals surface area contributed by atoms with Crippen LogP contribution in [0.25, 0.3) is 6.08 Å². The van der Waals surface area contributed by atoms with E-state index in [0.717, 1.165) is 27.2 Å². The van der Waals surface area contributed by atoms with Gasteiger partial charge in [0.2, 0.25) is 0 Å². The van der Waals surface area contributed by atoms with Crippen LogP contribution >= 0.6 is 0 Å². The molecule has 0 spiro atoms. The minimum Gasteiger partial charge on any atom is -0.497 e. The number of methoxy groups -OCH3 is 1. The largest absolute Gasteiger partial charge is 0.497 e. The van der Waals surface area contributed by atoms with E-state index in [-0.39, 0.29) is 5.57 Å². The minimum absolute atomic E-state index is 0.174. The highest BCUT2D eigenvalue weighted by Gasteiger charge is 2.37. The summed E-state index contributed by atoms with van der Waals surface area (Å²) in [6, 6.07) is 17.4. The predicted octanol–water partition coefficient (Wildman–Crippen LogP) is 4.87. The van der Waals surface area contributed by atoms with Crippen LogP contribution in [0, 0.1) is 20.8 Å². The Morgan fingerprint density at radius 1 is 0.857 bits per heavy atom. The first-order valence-electron chi connectivity index (χ1n) is 11.1. The molecule has 0 aromatic heterocycles. The topological polar surface area (TPSA) is 84.9 Å². The number of aryl methyl sites for hydroxylation is 3. The zero-order chi connectivity index (χ0) is 25.1. The highest BCUT2D eigenvalue weighted by atomic mass is 16.5. The fourth-order valence-electron chi connectivity index (χ4n) is 3.94. The Kier molecular flexibility index (Phi) is 6.68. The zero-order valence-electron chi connectivity index (χ0n) is 20.0. The van der Waals surface area contributed by atoms with E-state index in [0.29, 0.717) is 29.4 Å². The molecule has 0 bridgehead atoms.